The molecular weight excluding hydrogens is 645 g/mol. The van der Waals surface area contributed by atoms with Gasteiger partial charge in [-0.2, -0.15) is 0 Å². The van der Waals surface area contributed by atoms with Gasteiger partial charge in [0.05, 0.1) is 5.69 Å². The lowest BCUT2D eigenvalue weighted by molar-refractivity contribution is 1.19. The molecule has 2 heterocycles. The monoisotopic (exact) mass is 680 g/mol. The van der Waals surface area contributed by atoms with Crippen molar-refractivity contribution in [1.29, 1.82) is 0 Å². The van der Waals surface area contributed by atoms with Crippen LogP contribution in [0.15, 0.2) is 219 Å². The average molecular weight is 681 g/mol. The van der Waals surface area contributed by atoms with Crippen LogP contribution in [-0.2, 0) is 0 Å². The molecule has 0 spiro atoms. The van der Waals surface area contributed by atoms with Gasteiger partial charge in [0, 0.05) is 52.1 Å². The fourth-order valence-electron chi connectivity index (χ4n) is 6.94. The summed E-state index contributed by atoms with van der Waals surface area (Å²) in [6.45, 7) is 0. The zero-order valence-corrected chi connectivity index (χ0v) is 29.1. The summed E-state index contributed by atoms with van der Waals surface area (Å²) < 4.78 is 2.06. The number of hydrogen-bond donors (Lipinski definition) is 0. The molecule has 0 aliphatic heterocycles. The van der Waals surface area contributed by atoms with Crippen LogP contribution in [-0.4, -0.2) is 9.38 Å². The largest absolute Gasteiger partial charge is 0.311 e. The molecule has 9 aromatic rings. The van der Waals surface area contributed by atoms with E-state index in [2.05, 4.69) is 208 Å². The first-order valence-electron chi connectivity index (χ1n) is 17.9. The second-order valence-electron chi connectivity index (χ2n) is 13.0. The second kappa shape index (κ2) is 14.2. The first-order chi connectivity index (χ1) is 26.3. The molecule has 0 aliphatic rings. The minimum Gasteiger partial charge on any atom is -0.311 e. The predicted molar refractivity (Wildman–Crippen MR) is 221 cm³/mol. The Kier molecular flexibility index (Phi) is 8.53. The van der Waals surface area contributed by atoms with Gasteiger partial charge < -0.3 is 14.2 Å². The van der Waals surface area contributed by atoms with Crippen molar-refractivity contribution in [3.05, 3.63) is 219 Å². The number of anilines is 6. The quantitative estimate of drug-likeness (QED) is 0.152. The minimum absolute atomic E-state index is 0.936. The van der Waals surface area contributed by atoms with Gasteiger partial charge in [-0.05, 0) is 107 Å². The number of pyridine rings is 1. The highest BCUT2D eigenvalue weighted by Crippen LogP contribution is 2.40. The molecule has 0 radical (unpaired) electrons. The predicted octanol–water partition coefficient (Wildman–Crippen LogP) is 13.3. The second-order valence-corrected chi connectivity index (χ2v) is 13.0. The first kappa shape index (κ1) is 31.8. The van der Waals surface area contributed by atoms with Crippen molar-refractivity contribution < 1.29 is 0 Å². The van der Waals surface area contributed by atoms with Crippen molar-refractivity contribution in [1.82, 2.24) is 9.38 Å². The molecule has 4 heteroatoms. The van der Waals surface area contributed by atoms with Gasteiger partial charge in [-0.25, -0.2) is 4.98 Å². The van der Waals surface area contributed by atoms with Crippen molar-refractivity contribution in [2.24, 2.45) is 0 Å². The highest BCUT2D eigenvalue weighted by molar-refractivity contribution is 5.83. The molecular formula is C49H36N4. The molecule has 7 aromatic carbocycles. The van der Waals surface area contributed by atoms with Crippen LogP contribution in [0.3, 0.4) is 0 Å². The fraction of sp³-hybridized carbons (Fsp3) is 0. The zero-order valence-electron chi connectivity index (χ0n) is 29.1. The van der Waals surface area contributed by atoms with Gasteiger partial charge >= 0.3 is 0 Å². The van der Waals surface area contributed by atoms with Crippen LogP contribution in [0.5, 0.6) is 0 Å². The van der Waals surface area contributed by atoms with E-state index in [9.17, 15) is 0 Å². The van der Waals surface area contributed by atoms with Crippen molar-refractivity contribution in [3.63, 3.8) is 0 Å². The third kappa shape index (κ3) is 6.58. The molecule has 0 bridgehead atoms. The number of benzene rings is 7. The number of nitrogens with zero attached hydrogens (tertiary/aromatic N) is 4. The van der Waals surface area contributed by atoms with Crippen LogP contribution in [0.1, 0.15) is 0 Å². The number of rotatable bonds is 9. The minimum atomic E-state index is 0.936. The summed E-state index contributed by atoms with van der Waals surface area (Å²) in [5.41, 5.74) is 14.2. The zero-order chi connectivity index (χ0) is 35.4. The Morgan fingerprint density at radius 2 is 0.642 bits per heavy atom. The van der Waals surface area contributed by atoms with Crippen LogP contribution in [0.25, 0.3) is 39.2 Å². The SMILES string of the molecule is c1ccc(-c2ccc(N(c3ccc(-c4ccccc4)cc3)c3ccc(N(c4ccccc4)c4ccc(-c5cn6ccccc6n5)cc4)cc3)cc2)cc1. The van der Waals surface area contributed by atoms with Gasteiger partial charge in [0.1, 0.15) is 5.65 Å². The van der Waals surface area contributed by atoms with Crippen LogP contribution in [0.2, 0.25) is 0 Å². The van der Waals surface area contributed by atoms with Crippen molar-refractivity contribution in [3.8, 4) is 33.5 Å². The normalized spacial score (nSPS) is 11.0. The summed E-state index contributed by atoms with van der Waals surface area (Å²) in [5.74, 6) is 0. The lowest BCUT2D eigenvalue weighted by Gasteiger charge is -2.28. The van der Waals surface area contributed by atoms with Crippen molar-refractivity contribution >= 4 is 39.8 Å². The van der Waals surface area contributed by atoms with Crippen LogP contribution in [0.4, 0.5) is 34.1 Å². The van der Waals surface area contributed by atoms with E-state index in [0.717, 1.165) is 51.0 Å². The highest BCUT2D eigenvalue weighted by Gasteiger charge is 2.17. The van der Waals surface area contributed by atoms with Crippen molar-refractivity contribution in [2.45, 2.75) is 0 Å². The summed E-state index contributed by atoms with van der Waals surface area (Å²) in [4.78, 5) is 9.45. The lowest BCUT2D eigenvalue weighted by Crippen LogP contribution is -2.12. The van der Waals surface area contributed by atoms with Gasteiger partial charge in [-0.3, -0.25) is 0 Å². The molecule has 0 amide bonds. The van der Waals surface area contributed by atoms with E-state index in [-0.39, 0.29) is 0 Å². The molecule has 4 nitrogen and oxygen atoms in total. The lowest BCUT2D eigenvalue weighted by atomic mass is 10.0. The summed E-state index contributed by atoms with van der Waals surface area (Å²) in [7, 11) is 0. The summed E-state index contributed by atoms with van der Waals surface area (Å²) in [5, 5.41) is 0. The van der Waals surface area contributed by atoms with Gasteiger partial charge in [0.2, 0.25) is 0 Å². The average Bonchev–Trinajstić information content (AvgIpc) is 3.68. The maximum absolute atomic E-state index is 4.83. The fourth-order valence-corrected chi connectivity index (χ4v) is 6.94. The molecule has 9 rings (SSSR count). The Morgan fingerprint density at radius 3 is 1.08 bits per heavy atom. The highest BCUT2D eigenvalue weighted by atomic mass is 15.2. The Morgan fingerprint density at radius 1 is 0.302 bits per heavy atom. The third-order valence-corrected chi connectivity index (χ3v) is 9.63. The van der Waals surface area contributed by atoms with Crippen LogP contribution in [0, 0.1) is 0 Å². The molecule has 0 aliphatic carbocycles. The first-order valence-corrected chi connectivity index (χ1v) is 17.9. The summed E-state index contributed by atoms with van der Waals surface area (Å²) >= 11 is 0. The molecule has 0 N–H and O–H groups in total. The van der Waals surface area contributed by atoms with Gasteiger partial charge in [-0.1, -0.05) is 121 Å². The Labute approximate surface area is 310 Å². The molecule has 252 valence electrons. The van der Waals surface area contributed by atoms with Gasteiger partial charge in [0.25, 0.3) is 0 Å². The molecule has 53 heavy (non-hydrogen) atoms. The number of imidazole rings is 1. The molecule has 0 unspecified atom stereocenters. The standard InChI is InChI=1S/C49H36N4/c1-4-12-37(13-5-1)39-19-25-43(26-20-39)53(44-27-21-40(22-28-44)38-14-6-2-7-15-38)47-33-31-46(32-34-47)52(42-16-8-3-9-17-42)45-29-23-41(24-30-45)48-36-51-35-11-10-18-49(51)50-48/h1-36H. The molecule has 2 aromatic heterocycles. The Hall–Kier alpha value is -7.17. The molecule has 0 fully saturated rings. The van der Waals surface area contributed by atoms with E-state index in [1.165, 1.54) is 22.3 Å². The Balaban J connectivity index is 1.07. The number of para-hydroxylation sites is 1. The number of aromatic nitrogens is 2. The van der Waals surface area contributed by atoms with Crippen molar-refractivity contribution in [2.75, 3.05) is 9.80 Å². The van der Waals surface area contributed by atoms with E-state index in [1.54, 1.807) is 0 Å². The number of fused-ring (bicyclic) bond motifs is 1. The van der Waals surface area contributed by atoms with E-state index < -0.39 is 0 Å². The van der Waals surface area contributed by atoms with Gasteiger partial charge in [0.15, 0.2) is 0 Å². The van der Waals surface area contributed by atoms with E-state index in [1.807, 2.05) is 24.4 Å². The van der Waals surface area contributed by atoms with Gasteiger partial charge in [-0.15, -0.1) is 0 Å². The van der Waals surface area contributed by atoms with E-state index in [0.29, 0.717) is 0 Å². The topological polar surface area (TPSA) is 23.8 Å². The molecule has 0 atom stereocenters. The Bertz CT molecular complexity index is 2450. The molecule has 0 saturated heterocycles. The third-order valence-electron chi connectivity index (χ3n) is 9.63. The summed E-state index contributed by atoms with van der Waals surface area (Å²) in [6, 6.07) is 72.8. The maximum Gasteiger partial charge on any atom is 0.137 e. The van der Waals surface area contributed by atoms with Crippen LogP contribution < -0.4 is 9.80 Å². The molecule has 0 saturated carbocycles. The smallest absolute Gasteiger partial charge is 0.137 e. The van der Waals surface area contributed by atoms with E-state index in [4.69, 9.17) is 4.98 Å². The van der Waals surface area contributed by atoms with Crippen LogP contribution >= 0.6 is 0 Å². The summed E-state index contributed by atoms with van der Waals surface area (Å²) in [6.07, 6.45) is 4.11. The maximum atomic E-state index is 4.83. The van der Waals surface area contributed by atoms with E-state index >= 15 is 0 Å². The number of hydrogen-bond acceptors (Lipinski definition) is 3.